The molecule has 1 fully saturated rings. The van der Waals surface area contributed by atoms with E-state index in [1.165, 1.54) is 38.2 Å². The van der Waals surface area contributed by atoms with Crippen molar-refractivity contribution in [3.63, 3.8) is 0 Å². The lowest BCUT2D eigenvalue weighted by Gasteiger charge is -2.26. The molecule has 3 N–H and O–H groups in total. The summed E-state index contributed by atoms with van der Waals surface area (Å²) >= 11 is 0. The quantitative estimate of drug-likeness (QED) is 0.736. The van der Waals surface area contributed by atoms with Crippen LogP contribution in [0.15, 0.2) is 12.1 Å². The molecule has 6 heteroatoms. The van der Waals surface area contributed by atoms with Crippen LogP contribution in [0.3, 0.4) is 0 Å². The number of hydrogen-bond acceptors (Lipinski definition) is 5. The first-order valence-electron chi connectivity index (χ1n) is 7.13. The maximum absolute atomic E-state index is 10.7. The van der Waals surface area contributed by atoms with Gasteiger partial charge in [-0.15, -0.1) is 10.2 Å². The number of nitrogens with one attached hydrogen (secondary N) is 1. The zero-order chi connectivity index (χ0) is 14.4. The van der Waals surface area contributed by atoms with Gasteiger partial charge in [-0.3, -0.25) is 0 Å². The van der Waals surface area contributed by atoms with E-state index in [1.807, 2.05) is 0 Å². The fourth-order valence-electron chi connectivity index (χ4n) is 2.74. The molecule has 1 aliphatic rings. The lowest BCUT2D eigenvalue weighted by molar-refractivity contribution is 0.0689. The van der Waals surface area contributed by atoms with Gasteiger partial charge in [-0.05, 0) is 24.5 Å². The van der Waals surface area contributed by atoms with Crippen LogP contribution >= 0.6 is 0 Å². The van der Waals surface area contributed by atoms with Gasteiger partial charge < -0.3 is 15.5 Å². The highest BCUT2D eigenvalue weighted by Gasteiger charge is 2.19. The summed E-state index contributed by atoms with van der Waals surface area (Å²) in [5.41, 5.74) is -0.0802. The van der Waals surface area contributed by atoms with E-state index < -0.39 is 5.97 Å². The number of carboxylic acid groups (broad SMARTS) is 1. The molecule has 0 spiro atoms. The van der Waals surface area contributed by atoms with Gasteiger partial charge >= 0.3 is 5.97 Å². The normalized spacial score (nSPS) is 17.6. The highest BCUT2D eigenvalue weighted by Crippen LogP contribution is 2.27. The number of aliphatic hydroxyl groups is 1. The van der Waals surface area contributed by atoms with E-state index in [1.54, 1.807) is 6.07 Å². The van der Waals surface area contributed by atoms with Crippen LogP contribution in [0.2, 0.25) is 0 Å². The molecule has 0 bridgehead atoms. The first-order chi connectivity index (χ1) is 9.69. The van der Waals surface area contributed by atoms with Crippen LogP contribution in [-0.4, -0.2) is 39.0 Å². The van der Waals surface area contributed by atoms with Crippen LogP contribution in [0, 0.1) is 5.92 Å². The molecule has 1 aromatic heterocycles. The number of aromatic nitrogens is 2. The van der Waals surface area contributed by atoms with E-state index >= 15 is 0 Å². The number of hydrogen-bond donors (Lipinski definition) is 3. The number of aliphatic hydroxyl groups excluding tert-OH is 1. The minimum atomic E-state index is -1.09. The van der Waals surface area contributed by atoms with Crippen molar-refractivity contribution in [3.8, 4) is 0 Å². The van der Waals surface area contributed by atoms with E-state index in [0.29, 0.717) is 11.7 Å². The fraction of sp³-hybridized carbons (Fsp3) is 0.643. The van der Waals surface area contributed by atoms with E-state index in [4.69, 9.17) is 5.11 Å². The lowest BCUT2D eigenvalue weighted by Crippen LogP contribution is -2.28. The summed E-state index contributed by atoms with van der Waals surface area (Å²) in [4.78, 5) is 10.7. The van der Waals surface area contributed by atoms with Gasteiger partial charge in [0.1, 0.15) is 5.82 Å². The molecule has 1 heterocycles. The van der Waals surface area contributed by atoms with E-state index in [-0.39, 0.29) is 18.3 Å². The van der Waals surface area contributed by atoms with Crippen molar-refractivity contribution in [2.75, 3.05) is 11.9 Å². The Kier molecular flexibility index (Phi) is 5.29. The van der Waals surface area contributed by atoms with Crippen LogP contribution in [0.1, 0.15) is 49.0 Å². The van der Waals surface area contributed by atoms with Gasteiger partial charge in [0.2, 0.25) is 0 Å². The molecule has 0 radical (unpaired) electrons. The van der Waals surface area contributed by atoms with Crippen molar-refractivity contribution < 1.29 is 15.0 Å². The second-order valence-corrected chi connectivity index (χ2v) is 5.37. The molecule has 1 unspecified atom stereocenters. The summed E-state index contributed by atoms with van der Waals surface area (Å²) in [6.07, 6.45) is 7.23. The minimum Gasteiger partial charge on any atom is -0.476 e. The summed E-state index contributed by atoms with van der Waals surface area (Å²) in [6.45, 7) is 0.0405. The van der Waals surface area contributed by atoms with Crippen LogP contribution in [0.25, 0.3) is 0 Å². The standard InChI is InChI=1S/C14H21N3O3/c18-9-11(8-10-4-2-1-3-5-10)15-13-7-6-12(14(19)20)16-17-13/h6-7,10-11,18H,1-5,8-9H2,(H,15,17)(H,19,20). The maximum Gasteiger partial charge on any atom is 0.356 e. The first kappa shape index (κ1) is 14.7. The summed E-state index contributed by atoms with van der Waals surface area (Å²) in [5, 5.41) is 28.8. The lowest BCUT2D eigenvalue weighted by atomic mass is 9.85. The Balaban J connectivity index is 1.89. The molecule has 0 amide bonds. The summed E-state index contributed by atoms with van der Waals surface area (Å²) in [7, 11) is 0. The Morgan fingerprint density at radius 3 is 2.60 bits per heavy atom. The second-order valence-electron chi connectivity index (χ2n) is 5.37. The molecule has 1 saturated carbocycles. The van der Waals surface area contributed by atoms with Crippen molar-refractivity contribution in [2.24, 2.45) is 5.92 Å². The van der Waals surface area contributed by atoms with Crippen LogP contribution in [0.5, 0.6) is 0 Å². The highest BCUT2D eigenvalue weighted by molar-refractivity contribution is 5.85. The van der Waals surface area contributed by atoms with Crippen molar-refractivity contribution in [1.82, 2.24) is 10.2 Å². The zero-order valence-electron chi connectivity index (χ0n) is 11.5. The second kappa shape index (κ2) is 7.19. The Bertz CT molecular complexity index is 430. The molecule has 0 saturated heterocycles. The largest absolute Gasteiger partial charge is 0.476 e. The number of nitrogens with zero attached hydrogens (tertiary/aromatic N) is 2. The molecule has 0 aromatic carbocycles. The third-order valence-corrected chi connectivity index (χ3v) is 3.80. The van der Waals surface area contributed by atoms with Crippen molar-refractivity contribution in [1.29, 1.82) is 0 Å². The van der Waals surface area contributed by atoms with Crippen LogP contribution in [0.4, 0.5) is 5.82 Å². The predicted molar refractivity (Wildman–Crippen MR) is 74.7 cm³/mol. The molecule has 1 aromatic rings. The smallest absolute Gasteiger partial charge is 0.356 e. The van der Waals surface area contributed by atoms with Gasteiger partial charge in [-0.2, -0.15) is 0 Å². The third kappa shape index (κ3) is 4.16. The number of anilines is 1. The highest BCUT2D eigenvalue weighted by atomic mass is 16.4. The Morgan fingerprint density at radius 2 is 2.05 bits per heavy atom. The summed E-state index contributed by atoms with van der Waals surface area (Å²) in [5.74, 6) is 0.0643. The summed E-state index contributed by atoms with van der Waals surface area (Å²) < 4.78 is 0. The van der Waals surface area contributed by atoms with Gasteiger partial charge in [0.15, 0.2) is 5.69 Å². The van der Waals surface area contributed by atoms with Crippen molar-refractivity contribution in [3.05, 3.63) is 17.8 Å². The van der Waals surface area contributed by atoms with Gasteiger partial charge in [0.25, 0.3) is 0 Å². The topological polar surface area (TPSA) is 95.3 Å². The maximum atomic E-state index is 10.7. The zero-order valence-corrected chi connectivity index (χ0v) is 11.5. The Labute approximate surface area is 118 Å². The molecule has 0 aliphatic heterocycles. The number of rotatable bonds is 6. The van der Waals surface area contributed by atoms with Crippen molar-refractivity contribution in [2.45, 2.75) is 44.6 Å². The molecular weight excluding hydrogens is 258 g/mol. The molecule has 1 atom stereocenters. The molecule has 110 valence electrons. The molecule has 2 rings (SSSR count). The van der Waals surface area contributed by atoms with Crippen LogP contribution < -0.4 is 5.32 Å². The van der Waals surface area contributed by atoms with Crippen molar-refractivity contribution >= 4 is 11.8 Å². The number of carbonyl (C=O) groups is 1. The predicted octanol–water partition coefficient (Wildman–Crippen LogP) is 1.92. The summed E-state index contributed by atoms with van der Waals surface area (Å²) in [6, 6.07) is 2.94. The monoisotopic (exact) mass is 279 g/mol. The Hall–Kier alpha value is -1.69. The first-order valence-corrected chi connectivity index (χ1v) is 7.13. The van der Waals surface area contributed by atoms with E-state index in [0.717, 1.165) is 6.42 Å². The molecule has 20 heavy (non-hydrogen) atoms. The molecule has 1 aliphatic carbocycles. The van der Waals surface area contributed by atoms with Gasteiger partial charge in [0.05, 0.1) is 12.6 Å². The molecular formula is C14H21N3O3. The van der Waals surface area contributed by atoms with Gasteiger partial charge in [-0.25, -0.2) is 4.79 Å². The van der Waals surface area contributed by atoms with E-state index in [2.05, 4.69) is 15.5 Å². The Morgan fingerprint density at radius 1 is 1.30 bits per heavy atom. The average molecular weight is 279 g/mol. The van der Waals surface area contributed by atoms with Crippen LogP contribution in [-0.2, 0) is 0 Å². The third-order valence-electron chi connectivity index (χ3n) is 3.80. The van der Waals surface area contributed by atoms with Gasteiger partial charge in [0, 0.05) is 0 Å². The van der Waals surface area contributed by atoms with E-state index in [9.17, 15) is 9.90 Å². The minimum absolute atomic E-state index is 0.0405. The number of carboxylic acids is 1. The fourth-order valence-corrected chi connectivity index (χ4v) is 2.74. The SMILES string of the molecule is O=C(O)c1ccc(NC(CO)CC2CCCCC2)nn1. The number of aromatic carboxylic acids is 1. The average Bonchev–Trinajstić information content (AvgIpc) is 2.48. The van der Waals surface area contributed by atoms with Gasteiger partial charge in [-0.1, -0.05) is 32.1 Å². The molecule has 6 nitrogen and oxygen atoms in total.